The predicted molar refractivity (Wildman–Crippen MR) is 75.0 cm³/mol. The molecular formula is C14H21N3O. The number of hydrogen-bond donors (Lipinski definition) is 2. The summed E-state index contributed by atoms with van der Waals surface area (Å²) in [6, 6.07) is 8.52. The molecule has 1 amide bonds. The predicted octanol–water partition coefficient (Wildman–Crippen LogP) is 1.83. The summed E-state index contributed by atoms with van der Waals surface area (Å²) in [5.74, 6) is 0.0701. The number of rotatable bonds is 6. The van der Waals surface area contributed by atoms with Gasteiger partial charge in [-0.1, -0.05) is 0 Å². The molecular weight excluding hydrogens is 226 g/mol. The van der Waals surface area contributed by atoms with Crippen molar-refractivity contribution >= 4 is 17.3 Å². The first-order valence-corrected chi connectivity index (χ1v) is 6.46. The molecule has 4 heteroatoms. The van der Waals surface area contributed by atoms with Crippen LogP contribution in [0.5, 0.6) is 0 Å². The molecule has 1 aromatic carbocycles. The normalized spacial score (nSPS) is 14.3. The summed E-state index contributed by atoms with van der Waals surface area (Å²) in [6.07, 6.45) is 3.05. The molecule has 0 heterocycles. The van der Waals surface area contributed by atoms with E-state index in [1.807, 2.05) is 43.3 Å². The maximum absolute atomic E-state index is 11.7. The number of benzene rings is 1. The minimum atomic E-state index is 0.0701. The molecule has 0 radical (unpaired) electrons. The van der Waals surface area contributed by atoms with Gasteiger partial charge in [0.05, 0.1) is 0 Å². The topological polar surface area (TPSA) is 44.4 Å². The van der Waals surface area contributed by atoms with Crippen molar-refractivity contribution in [1.29, 1.82) is 0 Å². The molecule has 0 unspecified atom stereocenters. The van der Waals surface area contributed by atoms with Crippen LogP contribution in [0.15, 0.2) is 24.3 Å². The zero-order valence-electron chi connectivity index (χ0n) is 11.1. The lowest BCUT2D eigenvalue weighted by Gasteiger charge is -2.13. The van der Waals surface area contributed by atoms with E-state index in [1.54, 1.807) is 0 Å². The second kappa shape index (κ2) is 5.87. The zero-order chi connectivity index (χ0) is 13.0. The third-order valence-electron chi connectivity index (χ3n) is 3.03. The van der Waals surface area contributed by atoms with E-state index >= 15 is 0 Å². The lowest BCUT2D eigenvalue weighted by Crippen LogP contribution is -2.23. The number of hydrogen-bond acceptors (Lipinski definition) is 3. The monoisotopic (exact) mass is 247 g/mol. The smallest absolute Gasteiger partial charge is 0.225 e. The zero-order valence-corrected chi connectivity index (χ0v) is 11.1. The van der Waals surface area contributed by atoms with Gasteiger partial charge in [0.15, 0.2) is 0 Å². The van der Waals surface area contributed by atoms with Gasteiger partial charge < -0.3 is 15.5 Å². The van der Waals surface area contributed by atoms with Crippen LogP contribution in [-0.4, -0.2) is 32.6 Å². The summed E-state index contributed by atoms with van der Waals surface area (Å²) in [5, 5.41) is 6.23. The molecule has 0 saturated heterocycles. The highest BCUT2D eigenvalue weighted by Crippen LogP contribution is 2.18. The van der Waals surface area contributed by atoms with Crippen LogP contribution >= 0.6 is 0 Å². The first kappa shape index (κ1) is 12.9. The van der Waals surface area contributed by atoms with Gasteiger partial charge in [0.25, 0.3) is 0 Å². The standard InChI is InChI=1S/C14H21N3O/c1-17(2)13-7-5-12(6-8-13)16-14(18)9-10-15-11-3-4-11/h5-8,11,15H,3-4,9-10H2,1-2H3,(H,16,18). The second-order valence-corrected chi connectivity index (χ2v) is 4.97. The van der Waals surface area contributed by atoms with Crippen molar-refractivity contribution < 1.29 is 4.79 Å². The van der Waals surface area contributed by atoms with Crippen LogP contribution in [0.4, 0.5) is 11.4 Å². The number of carbonyl (C=O) groups is 1. The van der Waals surface area contributed by atoms with E-state index in [4.69, 9.17) is 0 Å². The number of anilines is 2. The summed E-state index contributed by atoms with van der Waals surface area (Å²) < 4.78 is 0. The number of nitrogens with zero attached hydrogens (tertiary/aromatic N) is 1. The molecule has 4 nitrogen and oxygen atoms in total. The molecule has 0 atom stereocenters. The maximum atomic E-state index is 11.7. The highest BCUT2D eigenvalue weighted by atomic mass is 16.1. The van der Waals surface area contributed by atoms with Gasteiger partial charge in [-0.3, -0.25) is 4.79 Å². The van der Waals surface area contributed by atoms with Gasteiger partial charge in [-0.15, -0.1) is 0 Å². The first-order chi connectivity index (χ1) is 8.65. The minimum Gasteiger partial charge on any atom is -0.378 e. The summed E-state index contributed by atoms with van der Waals surface area (Å²) in [6.45, 7) is 0.770. The van der Waals surface area contributed by atoms with Crippen molar-refractivity contribution in [3.63, 3.8) is 0 Å². The second-order valence-electron chi connectivity index (χ2n) is 4.97. The Labute approximate surface area is 108 Å². The van der Waals surface area contributed by atoms with Gasteiger partial charge >= 0.3 is 0 Å². The highest BCUT2D eigenvalue weighted by molar-refractivity contribution is 5.91. The van der Waals surface area contributed by atoms with Crippen molar-refractivity contribution in [3.8, 4) is 0 Å². The Morgan fingerprint density at radius 1 is 1.28 bits per heavy atom. The molecule has 18 heavy (non-hydrogen) atoms. The van der Waals surface area contributed by atoms with Crippen LogP contribution in [-0.2, 0) is 4.79 Å². The Kier molecular flexibility index (Phi) is 4.20. The summed E-state index contributed by atoms with van der Waals surface area (Å²) in [5.41, 5.74) is 1.99. The first-order valence-electron chi connectivity index (χ1n) is 6.46. The van der Waals surface area contributed by atoms with Crippen molar-refractivity contribution in [1.82, 2.24) is 5.32 Å². The number of nitrogens with one attached hydrogen (secondary N) is 2. The molecule has 2 N–H and O–H groups in total. The molecule has 1 aliphatic carbocycles. The maximum Gasteiger partial charge on any atom is 0.225 e. The fourth-order valence-electron chi connectivity index (χ4n) is 1.74. The largest absolute Gasteiger partial charge is 0.378 e. The van der Waals surface area contributed by atoms with E-state index in [-0.39, 0.29) is 5.91 Å². The van der Waals surface area contributed by atoms with Crippen molar-refractivity contribution in [2.45, 2.75) is 25.3 Å². The number of amides is 1. The van der Waals surface area contributed by atoms with E-state index < -0.39 is 0 Å². The SMILES string of the molecule is CN(C)c1ccc(NC(=O)CCNC2CC2)cc1. The lowest BCUT2D eigenvalue weighted by molar-refractivity contribution is -0.116. The Morgan fingerprint density at radius 3 is 2.50 bits per heavy atom. The quantitative estimate of drug-likeness (QED) is 0.806. The van der Waals surface area contributed by atoms with Gasteiger partial charge in [0.2, 0.25) is 5.91 Å². The Hall–Kier alpha value is -1.55. The molecule has 1 aromatic rings. The van der Waals surface area contributed by atoms with E-state index in [9.17, 15) is 4.79 Å². The Bertz CT molecular complexity index is 396. The molecule has 0 aliphatic heterocycles. The van der Waals surface area contributed by atoms with E-state index in [0.717, 1.165) is 17.9 Å². The fraction of sp³-hybridized carbons (Fsp3) is 0.500. The molecule has 0 spiro atoms. The molecule has 0 aromatic heterocycles. The third kappa shape index (κ3) is 4.04. The molecule has 1 aliphatic rings. The lowest BCUT2D eigenvalue weighted by atomic mass is 10.2. The van der Waals surface area contributed by atoms with Crippen molar-refractivity contribution in [2.24, 2.45) is 0 Å². The molecule has 1 fully saturated rings. The van der Waals surface area contributed by atoms with Crippen LogP contribution in [0.25, 0.3) is 0 Å². The van der Waals surface area contributed by atoms with E-state index in [1.165, 1.54) is 12.8 Å². The fourth-order valence-corrected chi connectivity index (χ4v) is 1.74. The highest BCUT2D eigenvalue weighted by Gasteiger charge is 2.20. The third-order valence-corrected chi connectivity index (χ3v) is 3.03. The Morgan fingerprint density at radius 2 is 1.94 bits per heavy atom. The van der Waals surface area contributed by atoms with Crippen LogP contribution < -0.4 is 15.5 Å². The van der Waals surface area contributed by atoms with Gasteiger partial charge in [-0.25, -0.2) is 0 Å². The van der Waals surface area contributed by atoms with Gasteiger partial charge in [-0.05, 0) is 37.1 Å². The average Bonchev–Trinajstić information content (AvgIpc) is 3.13. The van der Waals surface area contributed by atoms with Crippen molar-refractivity contribution in [3.05, 3.63) is 24.3 Å². The van der Waals surface area contributed by atoms with Crippen LogP contribution in [0, 0.1) is 0 Å². The molecule has 2 rings (SSSR count). The molecule has 98 valence electrons. The van der Waals surface area contributed by atoms with Crippen LogP contribution in [0.3, 0.4) is 0 Å². The summed E-state index contributed by atoms with van der Waals surface area (Å²) in [7, 11) is 3.99. The van der Waals surface area contributed by atoms with Crippen LogP contribution in [0.2, 0.25) is 0 Å². The minimum absolute atomic E-state index is 0.0701. The van der Waals surface area contributed by atoms with Gasteiger partial charge in [-0.2, -0.15) is 0 Å². The Balaban J connectivity index is 1.75. The van der Waals surface area contributed by atoms with Gasteiger partial charge in [0, 0.05) is 44.5 Å². The average molecular weight is 247 g/mol. The number of carbonyl (C=O) groups excluding carboxylic acids is 1. The molecule has 1 saturated carbocycles. The summed E-state index contributed by atoms with van der Waals surface area (Å²) in [4.78, 5) is 13.7. The molecule has 0 bridgehead atoms. The summed E-state index contributed by atoms with van der Waals surface area (Å²) >= 11 is 0. The van der Waals surface area contributed by atoms with Gasteiger partial charge in [0.1, 0.15) is 0 Å². The van der Waals surface area contributed by atoms with Crippen molar-refractivity contribution in [2.75, 3.05) is 30.9 Å². The van der Waals surface area contributed by atoms with Crippen LogP contribution in [0.1, 0.15) is 19.3 Å². The van der Waals surface area contributed by atoms with E-state index in [0.29, 0.717) is 12.5 Å². The van der Waals surface area contributed by atoms with E-state index in [2.05, 4.69) is 10.6 Å².